The number of aromatic nitrogens is 1. The second-order valence-electron chi connectivity index (χ2n) is 8.19. The summed E-state index contributed by atoms with van der Waals surface area (Å²) >= 11 is 1.62. The average Bonchev–Trinajstić information content (AvgIpc) is 2.83. The van der Waals surface area contributed by atoms with Crippen LogP contribution in [0.1, 0.15) is 40.9 Å². The molecule has 1 N–H and O–H groups in total. The summed E-state index contributed by atoms with van der Waals surface area (Å²) in [5, 5.41) is 5.35. The van der Waals surface area contributed by atoms with Crippen LogP contribution in [0.4, 0.5) is 0 Å². The number of aryl methyl sites for hydroxylation is 1. The predicted octanol–water partition coefficient (Wildman–Crippen LogP) is 6.63. The van der Waals surface area contributed by atoms with Gasteiger partial charge in [0.25, 0.3) is 5.91 Å². The summed E-state index contributed by atoms with van der Waals surface area (Å²) in [7, 11) is 0. The first kappa shape index (κ1) is 22.6. The maximum atomic E-state index is 13.1. The largest absolute Gasteiger partial charge is 0.348 e. The molecule has 1 amide bonds. The molecule has 0 saturated heterocycles. The summed E-state index contributed by atoms with van der Waals surface area (Å²) in [5.74, 6) is 6.79. The Morgan fingerprint density at radius 2 is 1.73 bits per heavy atom. The fourth-order valence-corrected chi connectivity index (χ4v) is 4.41. The van der Waals surface area contributed by atoms with Gasteiger partial charge in [0.05, 0.1) is 0 Å². The summed E-state index contributed by atoms with van der Waals surface area (Å²) in [6.07, 6.45) is 3.54. The Hall–Kier alpha value is -3.55. The van der Waals surface area contributed by atoms with Crippen LogP contribution in [-0.2, 0) is 6.54 Å². The first-order valence-corrected chi connectivity index (χ1v) is 11.8. The Kier molecular flexibility index (Phi) is 7.12. The highest BCUT2D eigenvalue weighted by molar-refractivity contribution is 7.99. The lowest BCUT2D eigenvalue weighted by molar-refractivity contribution is 0.0950. The van der Waals surface area contributed by atoms with Crippen molar-refractivity contribution in [3.63, 3.8) is 0 Å². The van der Waals surface area contributed by atoms with Crippen molar-refractivity contribution in [2.24, 2.45) is 5.92 Å². The number of nitrogens with zero attached hydrogens (tertiary/aromatic N) is 1. The zero-order chi connectivity index (χ0) is 23.2. The molecular weight excluding hydrogens is 424 g/mol. The van der Waals surface area contributed by atoms with Crippen molar-refractivity contribution in [3.8, 4) is 11.8 Å². The predicted molar refractivity (Wildman–Crippen MR) is 136 cm³/mol. The molecule has 0 aliphatic carbocycles. The van der Waals surface area contributed by atoms with Crippen LogP contribution in [0, 0.1) is 24.7 Å². The number of pyridine rings is 1. The molecule has 1 aromatic heterocycles. The molecule has 33 heavy (non-hydrogen) atoms. The van der Waals surface area contributed by atoms with E-state index < -0.39 is 0 Å². The lowest BCUT2D eigenvalue weighted by Gasteiger charge is -2.12. The molecule has 4 rings (SSSR count). The summed E-state index contributed by atoms with van der Waals surface area (Å²) < 4.78 is 0. The van der Waals surface area contributed by atoms with E-state index in [4.69, 9.17) is 0 Å². The van der Waals surface area contributed by atoms with Crippen molar-refractivity contribution >= 4 is 28.4 Å². The Morgan fingerprint density at radius 3 is 2.48 bits per heavy atom. The fraction of sp³-hybridized carbons (Fsp3) is 0.172. The molecule has 164 valence electrons. The van der Waals surface area contributed by atoms with Crippen molar-refractivity contribution in [1.82, 2.24) is 10.3 Å². The molecule has 0 fully saturated rings. The van der Waals surface area contributed by atoms with Crippen LogP contribution in [-0.4, -0.2) is 10.9 Å². The van der Waals surface area contributed by atoms with E-state index in [0.29, 0.717) is 18.0 Å². The number of amides is 1. The quantitative estimate of drug-likeness (QED) is 0.347. The van der Waals surface area contributed by atoms with Crippen molar-refractivity contribution in [3.05, 3.63) is 101 Å². The zero-order valence-electron chi connectivity index (χ0n) is 19.1. The summed E-state index contributed by atoms with van der Waals surface area (Å²) in [5.41, 5.74) is 3.74. The van der Waals surface area contributed by atoms with Crippen LogP contribution >= 0.6 is 11.8 Å². The maximum absolute atomic E-state index is 13.1. The van der Waals surface area contributed by atoms with E-state index in [1.807, 2.05) is 49.4 Å². The molecule has 3 aromatic carbocycles. The number of nitrogens with one attached hydrogen (secondary N) is 1. The molecule has 1 heterocycles. The van der Waals surface area contributed by atoms with Crippen LogP contribution < -0.4 is 5.32 Å². The molecule has 0 radical (unpaired) electrons. The molecule has 0 spiro atoms. The lowest BCUT2D eigenvalue weighted by Crippen LogP contribution is -2.23. The molecular formula is C29H26N2OS. The molecule has 0 saturated carbocycles. The second kappa shape index (κ2) is 10.4. The molecule has 0 unspecified atom stereocenters. The third kappa shape index (κ3) is 5.63. The van der Waals surface area contributed by atoms with Gasteiger partial charge in [0.15, 0.2) is 0 Å². The molecule has 0 atom stereocenters. The Morgan fingerprint density at radius 1 is 0.970 bits per heavy atom. The van der Waals surface area contributed by atoms with Gasteiger partial charge in [0.2, 0.25) is 0 Å². The van der Waals surface area contributed by atoms with Gasteiger partial charge in [0, 0.05) is 45.8 Å². The van der Waals surface area contributed by atoms with Gasteiger partial charge in [-0.05, 0) is 59.2 Å². The Bertz CT molecular complexity index is 1350. The van der Waals surface area contributed by atoms with Gasteiger partial charge in [-0.25, -0.2) is 0 Å². The number of hydrogen-bond donors (Lipinski definition) is 1. The summed E-state index contributed by atoms with van der Waals surface area (Å²) in [6.45, 7) is 6.60. The van der Waals surface area contributed by atoms with Gasteiger partial charge in [0.1, 0.15) is 0 Å². The van der Waals surface area contributed by atoms with E-state index in [9.17, 15) is 4.79 Å². The third-order valence-corrected chi connectivity index (χ3v) is 6.29. The summed E-state index contributed by atoms with van der Waals surface area (Å²) in [4.78, 5) is 19.2. The SMILES string of the molecule is Cc1ccc(Sc2ccncc2)cc1C(=O)NCc1ccc(C#CC(C)C)c2ccccc12. The van der Waals surface area contributed by atoms with Gasteiger partial charge in [-0.3, -0.25) is 9.78 Å². The smallest absolute Gasteiger partial charge is 0.251 e. The van der Waals surface area contributed by atoms with Crippen molar-refractivity contribution in [1.29, 1.82) is 0 Å². The minimum atomic E-state index is -0.0718. The van der Waals surface area contributed by atoms with Crippen LogP contribution in [0.2, 0.25) is 0 Å². The number of benzene rings is 3. The number of carbonyl (C=O) groups excluding carboxylic acids is 1. The second-order valence-corrected chi connectivity index (χ2v) is 9.33. The van der Waals surface area contributed by atoms with E-state index in [1.165, 1.54) is 0 Å². The first-order chi connectivity index (χ1) is 16.0. The standard InChI is InChI=1S/C29H26N2OS/c1-20(2)8-10-22-11-12-23(27-7-5-4-6-26(22)27)19-31-29(32)28-18-25(13-9-21(28)3)33-24-14-16-30-17-15-24/h4-7,9,11-18,20H,19H2,1-3H3,(H,31,32). The highest BCUT2D eigenvalue weighted by Gasteiger charge is 2.12. The van der Waals surface area contributed by atoms with Gasteiger partial charge >= 0.3 is 0 Å². The van der Waals surface area contributed by atoms with Crippen LogP contribution in [0.3, 0.4) is 0 Å². The van der Waals surface area contributed by atoms with E-state index >= 15 is 0 Å². The van der Waals surface area contributed by atoms with E-state index in [0.717, 1.165) is 37.3 Å². The average molecular weight is 451 g/mol. The van der Waals surface area contributed by atoms with Crippen LogP contribution in [0.25, 0.3) is 10.8 Å². The van der Waals surface area contributed by atoms with E-state index in [1.54, 1.807) is 24.2 Å². The number of hydrogen-bond acceptors (Lipinski definition) is 3. The van der Waals surface area contributed by atoms with Gasteiger partial charge in [-0.1, -0.05) is 73.8 Å². The number of rotatable bonds is 5. The molecule has 4 aromatic rings. The topological polar surface area (TPSA) is 42.0 Å². The number of fused-ring (bicyclic) bond motifs is 1. The fourth-order valence-electron chi connectivity index (χ4n) is 3.57. The minimum absolute atomic E-state index is 0.0718. The zero-order valence-corrected chi connectivity index (χ0v) is 19.9. The molecule has 0 bridgehead atoms. The molecule has 3 nitrogen and oxygen atoms in total. The molecule has 0 aliphatic heterocycles. The highest BCUT2D eigenvalue weighted by atomic mass is 32.2. The van der Waals surface area contributed by atoms with Crippen LogP contribution in [0.5, 0.6) is 0 Å². The Balaban J connectivity index is 1.54. The third-order valence-electron chi connectivity index (χ3n) is 5.29. The highest BCUT2D eigenvalue weighted by Crippen LogP contribution is 2.29. The molecule has 0 aliphatic rings. The van der Waals surface area contributed by atoms with Crippen LogP contribution in [0.15, 0.2) is 88.9 Å². The minimum Gasteiger partial charge on any atom is -0.348 e. The maximum Gasteiger partial charge on any atom is 0.251 e. The van der Waals surface area contributed by atoms with Crippen molar-refractivity contribution < 1.29 is 4.79 Å². The van der Waals surface area contributed by atoms with E-state index in [-0.39, 0.29) is 5.91 Å². The Labute approximate surface area is 199 Å². The first-order valence-electron chi connectivity index (χ1n) is 11.0. The van der Waals surface area contributed by atoms with Crippen molar-refractivity contribution in [2.75, 3.05) is 0 Å². The van der Waals surface area contributed by atoms with Crippen molar-refractivity contribution in [2.45, 2.75) is 37.1 Å². The van der Waals surface area contributed by atoms with Gasteiger partial charge in [-0.2, -0.15) is 0 Å². The monoisotopic (exact) mass is 450 g/mol. The van der Waals surface area contributed by atoms with E-state index in [2.05, 4.69) is 60.3 Å². The van der Waals surface area contributed by atoms with Gasteiger partial charge in [-0.15, -0.1) is 0 Å². The normalized spacial score (nSPS) is 10.7. The lowest BCUT2D eigenvalue weighted by atomic mass is 9.99. The van der Waals surface area contributed by atoms with Gasteiger partial charge < -0.3 is 5.32 Å². The summed E-state index contributed by atoms with van der Waals surface area (Å²) in [6, 6.07) is 22.3. The molecule has 4 heteroatoms. The number of carbonyl (C=O) groups is 1.